The molecule has 1 spiro atoms. The molecule has 2 aliphatic heterocycles. The number of nitrogens with zero attached hydrogens (tertiary/aromatic N) is 1. The standard InChI is InChI=1S/C22H25NO6/c1-11(24)28-17-5-4-14-15-10-13-12(3-6-18(26)27)9-16(25)20-19(13)22(14,21(17)29-20)7-8-23(15)2/h4-5,9,14-15,17,21,25H,3,6-8,10H2,1-2H3,(H,26,27)/t14?,15?,17-,21-,22-/m0/s1. The van der Waals surface area contributed by atoms with Crippen molar-refractivity contribution in [3.05, 3.63) is 34.9 Å². The van der Waals surface area contributed by atoms with E-state index in [9.17, 15) is 14.7 Å². The van der Waals surface area contributed by atoms with Gasteiger partial charge in [-0.3, -0.25) is 9.59 Å². The topological polar surface area (TPSA) is 96.3 Å². The van der Waals surface area contributed by atoms with E-state index < -0.39 is 12.1 Å². The SMILES string of the molecule is CC(=O)O[C@H]1C=CC2C3Cc4c(CCC(=O)O)cc(O)c5c4[C@@]2(CCN3C)[C@H]1O5. The molecule has 0 radical (unpaired) electrons. The minimum atomic E-state index is -0.856. The number of likely N-dealkylation sites (tertiary alicyclic amines) is 1. The number of benzene rings is 1. The van der Waals surface area contributed by atoms with Gasteiger partial charge in [-0.25, -0.2) is 0 Å². The summed E-state index contributed by atoms with van der Waals surface area (Å²) < 4.78 is 11.9. The first-order chi connectivity index (χ1) is 13.8. The lowest BCUT2D eigenvalue weighted by atomic mass is 9.53. The Morgan fingerprint density at radius 2 is 2.17 bits per heavy atom. The first-order valence-electron chi connectivity index (χ1n) is 10.2. The van der Waals surface area contributed by atoms with Crippen LogP contribution in [0.5, 0.6) is 11.5 Å². The zero-order chi connectivity index (χ0) is 20.5. The quantitative estimate of drug-likeness (QED) is 0.589. The molecular formula is C22H25NO6. The number of carboxylic acids is 1. The number of likely N-dealkylation sites (N-methyl/N-ethyl adjacent to an activating group) is 1. The van der Waals surface area contributed by atoms with Gasteiger partial charge in [0, 0.05) is 36.3 Å². The number of hydrogen-bond acceptors (Lipinski definition) is 6. The molecule has 0 amide bonds. The number of hydrogen-bond donors (Lipinski definition) is 2. The van der Waals surface area contributed by atoms with Gasteiger partial charge in [0.05, 0.1) is 0 Å². The van der Waals surface area contributed by atoms with E-state index in [0.29, 0.717) is 12.2 Å². The van der Waals surface area contributed by atoms with E-state index >= 15 is 0 Å². The van der Waals surface area contributed by atoms with Crippen molar-refractivity contribution in [1.29, 1.82) is 0 Å². The third-order valence-electron chi connectivity index (χ3n) is 7.26. The average molecular weight is 399 g/mol. The van der Waals surface area contributed by atoms with Crippen molar-refractivity contribution < 1.29 is 29.3 Å². The Morgan fingerprint density at radius 1 is 1.38 bits per heavy atom. The number of aliphatic carboxylic acids is 1. The summed E-state index contributed by atoms with van der Waals surface area (Å²) in [6, 6.07) is 1.92. The van der Waals surface area contributed by atoms with Crippen LogP contribution in [0.1, 0.15) is 36.5 Å². The number of carbonyl (C=O) groups excluding carboxylic acids is 1. The number of carboxylic acid groups (broad SMARTS) is 1. The van der Waals surface area contributed by atoms with E-state index in [1.807, 2.05) is 6.08 Å². The third-order valence-corrected chi connectivity index (χ3v) is 7.26. The van der Waals surface area contributed by atoms with Gasteiger partial charge in [-0.05, 0) is 56.1 Å². The van der Waals surface area contributed by atoms with Crippen molar-refractivity contribution >= 4 is 11.9 Å². The zero-order valence-corrected chi connectivity index (χ0v) is 16.6. The van der Waals surface area contributed by atoms with Gasteiger partial charge in [-0.2, -0.15) is 0 Å². The molecule has 0 aromatic heterocycles. The molecule has 2 unspecified atom stereocenters. The summed E-state index contributed by atoms with van der Waals surface area (Å²) in [6.07, 6.45) is 5.21. The number of carbonyl (C=O) groups is 2. The number of piperidine rings is 1. The molecule has 2 aliphatic carbocycles. The Morgan fingerprint density at radius 3 is 2.90 bits per heavy atom. The highest BCUT2D eigenvalue weighted by atomic mass is 16.6. The Bertz CT molecular complexity index is 940. The van der Waals surface area contributed by atoms with Crippen LogP contribution in [0.4, 0.5) is 0 Å². The Labute approximate surface area is 168 Å². The van der Waals surface area contributed by atoms with Crippen LogP contribution in [-0.4, -0.2) is 58.9 Å². The molecule has 2 heterocycles. The van der Waals surface area contributed by atoms with Crippen LogP contribution in [-0.2, 0) is 32.6 Å². The highest BCUT2D eigenvalue weighted by Gasteiger charge is 2.65. The van der Waals surface area contributed by atoms with Crippen molar-refractivity contribution in [2.24, 2.45) is 5.92 Å². The Hall–Kier alpha value is -2.54. The van der Waals surface area contributed by atoms with Gasteiger partial charge in [0.2, 0.25) is 0 Å². The first kappa shape index (κ1) is 18.5. The molecule has 2 N–H and O–H groups in total. The van der Waals surface area contributed by atoms with Crippen LogP contribution in [0.15, 0.2) is 18.2 Å². The normalized spacial score (nSPS) is 33.7. The maximum Gasteiger partial charge on any atom is 0.303 e. The molecular weight excluding hydrogens is 374 g/mol. The van der Waals surface area contributed by atoms with E-state index in [1.165, 1.54) is 6.92 Å². The summed E-state index contributed by atoms with van der Waals surface area (Å²) in [7, 11) is 2.12. The second-order valence-electron chi connectivity index (χ2n) is 8.70. The molecule has 2 bridgehead atoms. The molecule has 7 nitrogen and oxygen atoms in total. The van der Waals surface area contributed by atoms with Gasteiger partial charge in [0.15, 0.2) is 17.6 Å². The summed E-state index contributed by atoms with van der Waals surface area (Å²) in [5.41, 5.74) is 2.63. The predicted octanol–water partition coefficient (Wildman–Crippen LogP) is 1.79. The minimum absolute atomic E-state index is 0.0163. The molecule has 5 atom stereocenters. The average Bonchev–Trinajstić information content (AvgIpc) is 3.01. The maximum absolute atomic E-state index is 11.7. The number of ether oxygens (including phenoxy) is 2. The maximum atomic E-state index is 11.7. The van der Waals surface area contributed by atoms with Gasteiger partial charge in [-0.1, -0.05) is 6.08 Å². The summed E-state index contributed by atoms with van der Waals surface area (Å²) >= 11 is 0. The van der Waals surface area contributed by atoms with Gasteiger partial charge < -0.3 is 24.6 Å². The monoisotopic (exact) mass is 399 g/mol. The highest BCUT2D eigenvalue weighted by Crippen LogP contribution is 2.63. The molecule has 1 aromatic rings. The van der Waals surface area contributed by atoms with Crippen molar-refractivity contribution in [3.63, 3.8) is 0 Å². The van der Waals surface area contributed by atoms with E-state index in [1.54, 1.807) is 6.07 Å². The van der Waals surface area contributed by atoms with Crippen molar-refractivity contribution in [2.45, 2.75) is 56.3 Å². The van der Waals surface area contributed by atoms with Crippen molar-refractivity contribution in [1.82, 2.24) is 4.90 Å². The predicted molar refractivity (Wildman–Crippen MR) is 103 cm³/mol. The summed E-state index contributed by atoms with van der Waals surface area (Å²) in [5, 5.41) is 19.9. The number of rotatable bonds is 4. The number of aromatic hydroxyl groups is 1. The molecule has 1 fully saturated rings. The molecule has 0 saturated carbocycles. The molecule has 5 rings (SSSR count). The molecule has 7 heteroatoms. The summed E-state index contributed by atoms with van der Waals surface area (Å²) in [4.78, 5) is 25.2. The third kappa shape index (κ3) is 2.46. The Balaban J connectivity index is 1.70. The smallest absolute Gasteiger partial charge is 0.303 e. The fourth-order valence-corrected chi connectivity index (χ4v) is 6.14. The lowest BCUT2D eigenvalue weighted by Crippen LogP contribution is -2.65. The molecule has 154 valence electrons. The lowest BCUT2D eigenvalue weighted by Gasteiger charge is -2.56. The molecule has 1 aromatic carbocycles. The first-order valence-corrected chi connectivity index (χ1v) is 10.2. The number of phenolic OH excluding ortho intramolecular Hbond substituents is 1. The van der Waals surface area contributed by atoms with Crippen LogP contribution in [0.25, 0.3) is 0 Å². The van der Waals surface area contributed by atoms with Crippen LogP contribution < -0.4 is 4.74 Å². The van der Waals surface area contributed by atoms with E-state index in [0.717, 1.165) is 36.1 Å². The molecule has 4 aliphatic rings. The second-order valence-corrected chi connectivity index (χ2v) is 8.70. The second kappa shape index (κ2) is 6.23. The van der Waals surface area contributed by atoms with E-state index in [4.69, 9.17) is 14.6 Å². The fraction of sp³-hybridized carbons (Fsp3) is 0.545. The summed E-state index contributed by atoms with van der Waals surface area (Å²) in [6.45, 7) is 2.28. The largest absolute Gasteiger partial charge is 0.504 e. The highest BCUT2D eigenvalue weighted by molar-refractivity contribution is 5.69. The molecule has 29 heavy (non-hydrogen) atoms. The molecule has 1 saturated heterocycles. The van der Waals surface area contributed by atoms with Gasteiger partial charge in [0.25, 0.3) is 0 Å². The fourth-order valence-electron chi connectivity index (χ4n) is 6.14. The number of esters is 1. The zero-order valence-electron chi connectivity index (χ0n) is 16.6. The lowest BCUT2D eigenvalue weighted by molar-refractivity contribution is -0.152. The van der Waals surface area contributed by atoms with Gasteiger partial charge in [-0.15, -0.1) is 0 Å². The number of phenols is 1. The Kier molecular flexibility index (Phi) is 3.97. The van der Waals surface area contributed by atoms with Crippen molar-refractivity contribution in [3.8, 4) is 11.5 Å². The van der Waals surface area contributed by atoms with Gasteiger partial charge >= 0.3 is 11.9 Å². The van der Waals surface area contributed by atoms with E-state index in [2.05, 4.69) is 18.0 Å². The minimum Gasteiger partial charge on any atom is -0.504 e. The van der Waals surface area contributed by atoms with Crippen LogP contribution in [0.3, 0.4) is 0 Å². The summed E-state index contributed by atoms with van der Waals surface area (Å²) in [5.74, 6) is -0.489. The van der Waals surface area contributed by atoms with Gasteiger partial charge in [0.1, 0.15) is 6.10 Å². The van der Waals surface area contributed by atoms with Crippen LogP contribution in [0, 0.1) is 5.92 Å². The van der Waals surface area contributed by atoms with Crippen molar-refractivity contribution in [2.75, 3.05) is 13.6 Å². The van der Waals surface area contributed by atoms with Crippen LogP contribution in [0.2, 0.25) is 0 Å². The number of aryl methyl sites for hydroxylation is 1. The van der Waals surface area contributed by atoms with E-state index in [-0.39, 0.29) is 41.6 Å². The van der Waals surface area contributed by atoms with Crippen LogP contribution >= 0.6 is 0 Å².